The second-order valence-corrected chi connectivity index (χ2v) is 5.77. The monoisotopic (exact) mass is 396 g/mol. The summed E-state index contributed by atoms with van der Waals surface area (Å²) in [7, 11) is 0. The Hall–Kier alpha value is -4.14. The zero-order chi connectivity index (χ0) is 20.6. The number of hydrogen-bond acceptors (Lipinski definition) is 7. The molecule has 2 amide bonds. The molecule has 9 heteroatoms. The van der Waals surface area contributed by atoms with Gasteiger partial charge in [0.25, 0.3) is 11.8 Å². The number of esters is 1. The highest BCUT2D eigenvalue weighted by molar-refractivity contribution is 5.95. The van der Waals surface area contributed by atoms with Crippen LogP contribution in [0.2, 0.25) is 0 Å². The van der Waals surface area contributed by atoms with Crippen LogP contribution in [0.15, 0.2) is 69.9 Å². The smallest absolute Gasteiger partial charge is 0.344 e. The lowest BCUT2D eigenvalue weighted by Crippen LogP contribution is -2.43. The predicted molar refractivity (Wildman–Crippen MR) is 101 cm³/mol. The van der Waals surface area contributed by atoms with Gasteiger partial charge in [-0.25, -0.2) is 9.59 Å². The largest absolute Gasteiger partial charge is 0.482 e. The van der Waals surface area contributed by atoms with Crippen LogP contribution in [0.25, 0.3) is 11.0 Å². The summed E-state index contributed by atoms with van der Waals surface area (Å²) in [4.78, 5) is 46.4. The molecular weight excluding hydrogens is 380 g/mol. The van der Waals surface area contributed by atoms with E-state index in [1.54, 1.807) is 48.5 Å². The number of amides is 2. The van der Waals surface area contributed by atoms with Gasteiger partial charge in [-0.3, -0.25) is 20.4 Å². The topological polar surface area (TPSA) is 124 Å². The number of carbonyl (C=O) groups excluding carboxylic acids is 3. The van der Waals surface area contributed by atoms with E-state index in [1.807, 2.05) is 0 Å². The number of benzene rings is 2. The van der Waals surface area contributed by atoms with E-state index in [0.29, 0.717) is 22.3 Å². The van der Waals surface area contributed by atoms with Gasteiger partial charge in [0.1, 0.15) is 11.3 Å². The molecule has 0 saturated carbocycles. The molecule has 1 aromatic heterocycles. The zero-order valence-corrected chi connectivity index (χ0v) is 15.0. The molecule has 0 saturated heterocycles. The summed E-state index contributed by atoms with van der Waals surface area (Å²) in [5.74, 6) is -1.71. The lowest BCUT2D eigenvalue weighted by Gasteiger charge is -2.09. The molecule has 0 aliphatic carbocycles. The Balaban J connectivity index is 1.41. The highest BCUT2D eigenvalue weighted by atomic mass is 16.6. The number of hydrazine groups is 1. The van der Waals surface area contributed by atoms with Crippen LogP contribution in [0.1, 0.15) is 10.4 Å². The Labute approximate surface area is 164 Å². The van der Waals surface area contributed by atoms with Crippen LogP contribution in [0, 0.1) is 0 Å². The summed E-state index contributed by atoms with van der Waals surface area (Å²) in [5.41, 5.74) is 4.52. The molecular formula is C20H16N2O7. The van der Waals surface area contributed by atoms with Gasteiger partial charge in [0, 0.05) is 23.1 Å². The van der Waals surface area contributed by atoms with Gasteiger partial charge < -0.3 is 13.9 Å². The van der Waals surface area contributed by atoms with Crippen molar-refractivity contribution in [2.24, 2.45) is 0 Å². The summed E-state index contributed by atoms with van der Waals surface area (Å²) in [6.45, 7) is -1.05. The van der Waals surface area contributed by atoms with Gasteiger partial charge in [-0.2, -0.15) is 0 Å². The van der Waals surface area contributed by atoms with E-state index in [1.165, 1.54) is 12.1 Å². The van der Waals surface area contributed by atoms with Crippen molar-refractivity contribution in [3.8, 4) is 5.75 Å². The Morgan fingerprint density at radius 3 is 2.45 bits per heavy atom. The van der Waals surface area contributed by atoms with E-state index in [9.17, 15) is 19.2 Å². The second kappa shape index (κ2) is 9.18. The Morgan fingerprint density at radius 2 is 1.66 bits per heavy atom. The molecule has 0 bridgehead atoms. The van der Waals surface area contributed by atoms with Gasteiger partial charge in [-0.15, -0.1) is 0 Å². The van der Waals surface area contributed by atoms with Crippen molar-refractivity contribution in [2.75, 3.05) is 13.2 Å². The standard InChI is InChI=1S/C20H16N2O7/c23-17(21-22-20(26)14-4-2-1-3-5-14)11-28-19(25)12-27-15-8-6-13-7-9-18(24)29-16(13)10-15/h1-10H,11-12H2,(H,21,23)(H,22,26). The third kappa shape index (κ3) is 5.67. The summed E-state index contributed by atoms with van der Waals surface area (Å²) >= 11 is 0. The van der Waals surface area contributed by atoms with E-state index in [-0.39, 0.29) is 0 Å². The number of rotatable bonds is 6. The van der Waals surface area contributed by atoms with Crippen molar-refractivity contribution in [3.05, 3.63) is 76.6 Å². The predicted octanol–water partition coefficient (Wildman–Crippen LogP) is 1.18. The zero-order valence-electron chi connectivity index (χ0n) is 15.0. The van der Waals surface area contributed by atoms with Crippen molar-refractivity contribution in [3.63, 3.8) is 0 Å². The Kier molecular flexibility index (Phi) is 6.21. The Bertz CT molecular complexity index is 1090. The minimum Gasteiger partial charge on any atom is -0.482 e. The molecule has 1 heterocycles. The average molecular weight is 396 g/mol. The number of carbonyl (C=O) groups is 3. The second-order valence-electron chi connectivity index (χ2n) is 5.77. The molecule has 0 atom stereocenters. The summed E-state index contributed by atoms with van der Waals surface area (Å²) in [6, 6.07) is 15.9. The van der Waals surface area contributed by atoms with E-state index in [2.05, 4.69) is 10.9 Å². The van der Waals surface area contributed by atoms with Crippen LogP contribution >= 0.6 is 0 Å². The van der Waals surface area contributed by atoms with Crippen molar-refractivity contribution in [2.45, 2.75) is 0 Å². The fourth-order valence-electron chi connectivity index (χ4n) is 2.28. The molecule has 3 rings (SSSR count). The third-order valence-electron chi connectivity index (χ3n) is 3.67. The van der Waals surface area contributed by atoms with E-state index < -0.39 is 36.6 Å². The molecule has 0 radical (unpaired) electrons. The van der Waals surface area contributed by atoms with Gasteiger partial charge in [0.05, 0.1) is 0 Å². The summed E-state index contributed by atoms with van der Waals surface area (Å²) < 4.78 is 15.1. The molecule has 0 aliphatic rings. The number of fused-ring (bicyclic) bond motifs is 1. The molecule has 0 spiro atoms. The molecule has 29 heavy (non-hydrogen) atoms. The fraction of sp³-hybridized carbons (Fsp3) is 0.100. The van der Waals surface area contributed by atoms with Crippen LogP contribution in [0.4, 0.5) is 0 Å². The maximum Gasteiger partial charge on any atom is 0.344 e. The van der Waals surface area contributed by atoms with E-state index in [0.717, 1.165) is 0 Å². The first-order valence-corrected chi connectivity index (χ1v) is 8.48. The molecule has 0 fully saturated rings. The fourth-order valence-corrected chi connectivity index (χ4v) is 2.28. The van der Waals surface area contributed by atoms with Crippen LogP contribution in [-0.4, -0.2) is 31.0 Å². The summed E-state index contributed by atoms with van der Waals surface area (Å²) in [6.07, 6.45) is 0. The van der Waals surface area contributed by atoms with Gasteiger partial charge >= 0.3 is 11.6 Å². The van der Waals surface area contributed by atoms with Crippen LogP contribution in [-0.2, 0) is 14.3 Å². The van der Waals surface area contributed by atoms with Gasteiger partial charge in [-0.1, -0.05) is 18.2 Å². The molecule has 148 valence electrons. The van der Waals surface area contributed by atoms with Crippen LogP contribution in [0.3, 0.4) is 0 Å². The van der Waals surface area contributed by atoms with Crippen molar-refractivity contribution >= 4 is 28.8 Å². The number of ether oxygens (including phenoxy) is 2. The van der Waals surface area contributed by atoms with Crippen molar-refractivity contribution < 1.29 is 28.3 Å². The van der Waals surface area contributed by atoms with E-state index >= 15 is 0 Å². The summed E-state index contributed by atoms with van der Waals surface area (Å²) in [5, 5.41) is 0.703. The van der Waals surface area contributed by atoms with Gasteiger partial charge in [0.2, 0.25) is 0 Å². The minimum atomic E-state index is -0.788. The van der Waals surface area contributed by atoms with E-state index in [4.69, 9.17) is 13.9 Å². The van der Waals surface area contributed by atoms with Gasteiger partial charge in [0.15, 0.2) is 13.2 Å². The lowest BCUT2D eigenvalue weighted by molar-refractivity contribution is -0.150. The SMILES string of the molecule is O=C(COC(=O)COc1ccc2ccc(=O)oc2c1)NNC(=O)c1ccccc1. The molecule has 0 aliphatic heterocycles. The highest BCUT2D eigenvalue weighted by Crippen LogP contribution is 2.19. The first-order valence-electron chi connectivity index (χ1n) is 8.48. The molecule has 0 unspecified atom stereocenters. The molecule has 2 aromatic carbocycles. The third-order valence-corrected chi connectivity index (χ3v) is 3.67. The first kappa shape index (κ1) is 19.6. The van der Waals surface area contributed by atoms with Crippen molar-refractivity contribution in [1.82, 2.24) is 10.9 Å². The molecule has 9 nitrogen and oxygen atoms in total. The van der Waals surface area contributed by atoms with Gasteiger partial charge in [-0.05, 0) is 30.3 Å². The highest BCUT2D eigenvalue weighted by Gasteiger charge is 2.11. The maximum absolute atomic E-state index is 11.8. The molecule has 2 N–H and O–H groups in total. The maximum atomic E-state index is 11.8. The minimum absolute atomic E-state index is 0.295. The molecule has 3 aromatic rings. The first-order chi connectivity index (χ1) is 14.0. The normalized spacial score (nSPS) is 10.2. The van der Waals surface area contributed by atoms with Crippen LogP contribution in [0.5, 0.6) is 5.75 Å². The van der Waals surface area contributed by atoms with Crippen LogP contribution < -0.4 is 21.2 Å². The van der Waals surface area contributed by atoms with Crippen molar-refractivity contribution in [1.29, 1.82) is 0 Å². The Morgan fingerprint density at radius 1 is 0.897 bits per heavy atom. The lowest BCUT2D eigenvalue weighted by atomic mass is 10.2. The quantitative estimate of drug-likeness (QED) is 0.364. The number of hydrogen-bond donors (Lipinski definition) is 2. The average Bonchev–Trinajstić information content (AvgIpc) is 2.74. The number of nitrogens with one attached hydrogen (secondary N) is 2.